The zero-order valence-electron chi connectivity index (χ0n) is 8.58. The minimum atomic E-state index is -0.320. The van der Waals surface area contributed by atoms with E-state index in [0.717, 1.165) is 25.7 Å². The Hall–Kier alpha value is -0.550. The molecule has 3 atom stereocenters. The van der Waals surface area contributed by atoms with Gasteiger partial charge in [0.2, 0.25) is 0 Å². The van der Waals surface area contributed by atoms with Gasteiger partial charge in [-0.1, -0.05) is 19.8 Å². The first-order valence-corrected chi connectivity index (χ1v) is 5.23. The quantitative estimate of drug-likeness (QED) is 0.711. The molecule has 13 heavy (non-hydrogen) atoms. The smallest absolute Gasteiger partial charge is 0.0690 e. The van der Waals surface area contributed by atoms with Crippen LogP contribution >= 0.6 is 0 Å². The molecule has 0 aromatic carbocycles. The van der Waals surface area contributed by atoms with Crippen molar-refractivity contribution in [1.29, 1.82) is 5.26 Å². The van der Waals surface area contributed by atoms with Crippen molar-refractivity contribution in [2.75, 3.05) is 0 Å². The van der Waals surface area contributed by atoms with Crippen molar-refractivity contribution in [1.82, 2.24) is 0 Å². The fourth-order valence-corrected chi connectivity index (χ4v) is 2.28. The second-order valence-electron chi connectivity index (χ2n) is 4.34. The van der Waals surface area contributed by atoms with E-state index < -0.39 is 0 Å². The zero-order valence-corrected chi connectivity index (χ0v) is 8.58. The summed E-state index contributed by atoms with van der Waals surface area (Å²) in [6.45, 7) is 4.01. The normalized spacial score (nSPS) is 33.4. The minimum Gasteiger partial charge on any atom is -0.393 e. The fraction of sp³-hybridized carbons (Fsp3) is 0.909. The van der Waals surface area contributed by atoms with Crippen molar-refractivity contribution in [2.45, 2.75) is 52.1 Å². The van der Waals surface area contributed by atoms with E-state index in [1.54, 1.807) is 0 Å². The predicted octanol–water partition coefficient (Wildman–Crippen LogP) is 2.48. The molecule has 1 rings (SSSR count). The molecule has 0 aromatic rings. The second-order valence-corrected chi connectivity index (χ2v) is 4.34. The van der Waals surface area contributed by atoms with Crippen LogP contribution in [0.2, 0.25) is 0 Å². The van der Waals surface area contributed by atoms with Gasteiger partial charge < -0.3 is 5.11 Å². The van der Waals surface area contributed by atoms with Crippen molar-refractivity contribution in [3.8, 4) is 6.07 Å². The van der Waals surface area contributed by atoms with Crippen LogP contribution in [0, 0.1) is 22.7 Å². The van der Waals surface area contributed by atoms with E-state index in [4.69, 9.17) is 5.26 Å². The monoisotopic (exact) mass is 181 g/mol. The molecule has 0 amide bonds. The van der Waals surface area contributed by atoms with E-state index in [9.17, 15) is 5.11 Å². The molecule has 0 radical (unpaired) electrons. The largest absolute Gasteiger partial charge is 0.393 e. The molecular weight excluding hydrogens is 162 g/mol. The summed E-state index contributed by atoms with van der Waals surface area (Å²) in [6.07, 6.45) is 4.76. The molecule has 1 aliphatic carbocycles. The summed E-state index contributed by atoms with van der Waals surface area (Å²) in [5, 5.41) is 18.9. The van der Waals surface area contributed by atoms with Crippen molar-refractivity contribution in [3.63, 3.8) is 0 Å². The summed E-state index contributed by atoms with van der Waals surface area (Å²) in [7, 11) is 0. The lowest BCUT2D eigenvalue weighted by atomic mass is 9.68. The molecule has 0 spiro atoms. The van der Waals surface area contributed by atoms with Crippen LogP contribution in [-0.4, -0.2) is 11.2 Å². The lowest BCUT2D eigenvalue weighted by Crippen LogP contribution is -2.37. The number of aliphatic hydroxyl groups is 1. The lowest BCUT2D eigenvalue weighted by Gasteiger charge is -2.37. The molecule has 3 unspecified atom stereocenters. The van der Waals surface area contributed by atoms with Gasteiger partial charge in [0.25, 0.3) is 0 Å². The Morgan fingerprint density at radius 3 is 2.54 bits per heavy atom. The first-order valence-electron chi connectivity index (χ1n) is 5.23. The van der Waals surface area contributed by atoms with Gasteiger partial charge in [0, 0.05) is 5.92 Å². The third kappa shape index (κ3) is 2.03. The molecular formula is C11H19NO. The molecule has 0 bridgehead atoms. The number of nitrogens with zero attached hydrogens (tertiary/aromatic N) is 1. The van der Waals surface area contributed by atoms with E-state index in [1.165, 1.54) is 6.42 Å². The van der Waals surface area contributed by atoms with Gasteiger partial charge in [-0.15, -0.1) is 0 Å². The molecule has 0 aliphatic heterocycles. The van der Waals surface area contributed by atoms with Crippen molar-refractivity contribution < 1.29 is 5.11 Å². The van der Waals surface area contributed by atoms with Gasteiger partial charge in [0.05, 0.1) is 17.6 Å². The van der Waals surface area contributed by atoms with Crippen LogP contribution in [0.5, 0.6) is 0 Å². The van der Waals surface area contributed by atoms with E-state index >= 15 is 0 Å². The summed E-state index contributed by atoms with van der Waals surface area (Å²) in [5.41, 5.74) is -0.320. The summed E-state index contributed by atoms with van der Waals surface area (Å²) >= 11 is 0. The third-order valence-electron chi connectivity index (χ3n) is 3.54. The number of hydrogen-bond donors (Lipinski definition) is 1. The Morgan fingerprint density at radius 1 is 1.46 bits per heavy atom. The Morgan fingerprint density at radius 2 is 2.08 bits per heavy atom. The Labute approximate surface area is 80.6 Å². The average molecular weight is 181 g/mol. The average Bonchev–Trinajstić information content (AvgIpc) is 2.17. The molecule has 2 nitrogen and oxygen atoms in total. The third-order valence-corrected chi connectivity index (χ3v) is 3.54. The Balaban J connectivity index is 2.73. The highest BCUT2D eigenvalue weighted by Crippen LogP contribution is 2.40. The summed E-state index contributed by atoms with van der Waals surface area (Å²) in [6, 6.07) is 2.37. The SMILES string of the molecule is CCC(C)(C#N)C1CCCCC1O. The first kappa shape index (κ1) is 10.5. The second kappa shape index (κ2) is 4.11. The molecule has 1 fully saturated rings. The maximum atomic E-state index is 9.82. The fourth-order valence-electron chi connectivity index (χ4n) is 2.28. The van der Waals surface area contributed by atoms with Gasteiger partial charge in [-0.05, 0) is 26.2 Å². The van der Waals surface area contributed by atoms with Crippen molar-refractivity contribution >= 4 is 0 Å². The number of nitriles is 1. The van der Waals surface area contributed by atoms with Crippen LogP contribution in [-0.2, 0) is 0 Å². The van der Waals surface area contributed by atoms with Crippen LogP contribution < -0.4 is 0 Å². The van der Waals surface area contributed by atoms with E-state index in [2.05, 4.69) is 6.07 Å². The van der Waals surface area contributed by atoms with Gasteiger partial charge in [0.1, 0.15) is 0 Å². The minimum absolute atomic E-state index is 0.191. The van der Waals surface area contributed by atoms with E-state index in [0.29, 0.717) is 0 Å². The summed E-state index contributed by atoms with van der Waals surface area (Å²) in [5.74, 6) is 0.191. The van der Waals surface area contributed by atoms with E-state index in [-0.39, 0.29) is 17.4 Å². The highest BCUT2D eigenvalue weighted by Gasteiger charge is 2.38. The molecule has 1 aliphatic rings. The van der Waals surface area contributed by atoms with Gasteiger partial charge >= 0.3 is 0 Å². The van der Waals surface area contributed by atoms with Gasteiger partial charge in [-0.3, -0.25) is 0 Å². The van der Waals surface area contributed by atoms with Crippen LogP contribution in [0.1, 0.15) is 46.0 Å². The molecule has 0 aromatic heterocycles. The maximum absolute atomic E-state index is 9.82. The Bertz CT molecular complexity index is 209. The maximum Gasteiger partial charge on any atom is 0.0690 e. The molecule has 2 heteroatoms. The van der Waals surface area contributed by atoms with Gasteiger partial charge in [0.15, 0.2) is 0 Å². The van der Waals surface area contributed by atoms with Crippen LogP contribution in [0.25, 0.3) is 0 Å². The zero-order chi connectivity index (χ0) is 9.90. The number of aliphatic hydroxyl groups excluding tert-OH is 1. The van der Waals surface area contributed by atoms with Gasteiger partial charge in [-0.25, -0.2) is 0 Å². The van der Waals surface area contributed by atoms with Crippen molar-refractivity contribution in [2.24, 2.45) is 11.3 Å². The van der Waals surface area contributed by atoms with Crippen LogP contribution in [0.4, 0.5) is 0 Å². The van der Waals surface area contributed by atoms with Gasteiger partial charge in [-0.2, -0.15) is 5.26 Å². The summed E-state index contributed by atoms with van der Waals surface area (Å²) in [4.78, 5) is 0. The molecule has 0 saturated heterocycles. The number of rotatable bonds is 2. The lowest BCUT2D eigenvalue weighted by molar-refractivity contribution is 0.0163. The topological polar surface area (TPSA) is 44.0 Å². The molecule has 1 N–H and O–H groups in total. The highest BCUT2D eigenvalue weighted by atomic mass is 16.3. The highest BCUT2D eigenvalue weighted by molar-refractivity contribution is 5.02. The molecule has 1 saturated carbocycles. The van der Waals surface area contributed by atoms with Crippen LogP contribution in [0.3, 0.4) is 0 Å². The van der Waals surface area contributed by atoms with Crippen molar-refractivity contribution in [3.05, 3.63) is 0 Å². The Kier molecular flexibility index (Phi) is 3.33. The number of hydrogen-bond acceptors (Lipinski definition) is 2. The first-order chi connectivity index (χ1) is 6.14. The molecule has 74 valence electrons. The predicted molar refractivity (Wildman–Crippen MR) is 52.0 cm³/mol. The standard InChI is InChI=1S/C11H19NO/c1-3-11(2,8-12)9-6-4-5-7-10(9)13/h9-10,13H,3-7H2,1-2H3. The summed E-state index contributed by atoms with van der Waals surface area (Å²) < 4.78 is 0. The van der Waals surface area contributed by atoms with E-state index in [1.807, 2.05) is 13.8 Å². The van der Waals surface area contributed by atoms with Crippen LogP contribution in [0.15, 0.2) is 0 Å². The molecule has 0 heterocycles.